The summed E-state index contributed by atoms with van der Waals surface area (Å²) in [5, 5.41) is 10.9. The van der Waals surface area contributed by atoms with Gasteiger partial charge in [0.15, 0.2) is 9.84 Å². The van der Waals surface area contributed by atoms with Crippen LogP contribution in [-0.4, -0.2) is 50.0 Å². The van der Waals surface area contributed by atoms with Crippen LogP contribution in [0.5, 0.6) is 5.75 Å². The van der Waals surface area contributed by atoms with Crippen molar-refractivity contribution in [3.05, 3.63) is 95.6 Å². The summed E-state index contributed by atoms with van der Waals surface area (Å²) in [6.07, 6.45) is 2.91. The summed E-state index contributed by atoms with van der Waals surface area (Å²) in [4.78, 5) is 2.51. The van der Waals surface area contributed by atoms with Crippen LogP contribution in [0.15, 0.2) is 83.8 Å². The predicted octanol–water partition coefficient (Wildman–Crippen LogP) is 4.28. The maximum Gasteiger partial charge on any atom is 0.180 e. The molecule has 2 atom stereocenters. The Bertz CT molecular complexity index is 1170. The quantitative estimate of drug-likeness (QED) is 0.464. The zero-order valence-electron chi connectivity index (χ0n) is 19.6. The Balaban J connectivity index is 1.55. The third kappa shape index (κ3) is 6.26. The van der Waals surface area contributed by atoms with Crippen molar-refractivity contribution >= 4 is 9.84 Å². The van der Waals surface area contributed by atoms with Gasteiger partial charge in [0, 0.05) is 19.1 Å². The maximum atomic E-state index is 12.9. The number of fused-ring (bicyclic) bond motifs is 1. The molecule has 0 radical (unpaired) electrons. The molecule has 3 aromatic rings. The number of aryl methyl sites for hydroxylation is 1. The molecule has 5 nitrogen and oxygen atoms in total. The molecular formula is C28H33NO4S. The van der Waals surface area contributed by atoms with Gasteiger partial charge in [0.05, 0.1) is 23.9 Å². The largest absolute Gasteiger partial charge is 0.497 e. The Labute approximate surface area is 202 Å². The average Bonchev–Trinajstić information content (AvgIpc) is 3.06. The summed E-state index contributed by atoms with van der Waals surface area (Å²) in [5.74, 6) is 0.558. The summed E-state index contributed by atoms with van der Waals surface area (Å²) in [5.41, 5.74) is 3.76. The van der Waals surface area contributed by atoms with Gasteiger partial charge in [-0.2, -0.15) is 0 Å². The van der Waals surface area contributed by atoms with Crippen LogP contribution < -0.4 is 4.74 Å². The zero-order chi connectivity index (χ0) is 24.0. The van der Waals surface area contributed by atoms with E-state index in [9.17, 15) is 13.5 Å². The zero-order valence-corrected chi connectivity index (χ0v) is 20.5. The fraction of sp³-hybridized carbons (Fsp3) is 0.357. The number of rotatable bonds is 9. The van der Waals surface area contributed by atoms with E-state index in [2.05, 4.69) is 29.2 Å². The number of benzene rings is 3. The van der Waals surface area contributed by atoms with Crippen molar-refractivity contribution in [2.75, 3.05) is 19.4 Å². The molecule has 6 heteroatoms. The van der Waals surface area contributed by atoms with Crippen LogP contribution >= 0.6 is 0 Å². The number of nitrogens with zero attached hydrogens (tertiary/aromatic N) is 1. The van der Waals surface area contributed by atoms with Gasteiger partial charge in [0.2, 0.25) is 0 Å². The first-order chi connectivity index (χ1) is 16.4. The number of hydrogen-bond acceptors (Lipinski definition) is 5. The van der Waals surface area contributed by atoms with Crippen LogP contribution in [0.3, 0.4) is 0 Å². The van der Waals surface area contributed by atoms with Gasteiger partial charge in [0.1, 0.15) is 5.75 Å². The average molecular weight is 480 g/mol. The maximum absolute atomic E-state index is 12.9. The number of sulfone groups is 1. The molecule has 34 heavy (non-hydrogen) atoms. The van der Waals surface area contributed by atoms with Crippen molar-refractivity contribution in [1.82, 2.24) is 4.90 Å². The van der Waals surface area contributed by atoms with Crippen LogP contribution in [0.1, 0.15) is 29.5 Å². The predicted molar refractivity (Wildman–Crippen MR) is 135 cm³/mol. The standard InChI is InChI=1S/C28H33NO4S/c1-33-27-16-15-23-11-8-12-25(17-24(23)18-27)29(19-22-9-4-2-5-10-22)20-26(30)21-34(31,32)28-13-6-3-7-14-28/h2-7,9-10,13-16,18,25-26,30H,8,11-12,17,19-21H2,1H3/t25?,26-/m0/s1. The lowest BCUT2D eigenvalue weighted by Gasteiger charge is -2.33. The first-order valence-corrected chi connectivity index (χ1v) is 13.5. The second kappa shape index (κ2) is 11.2. The van der Waals surface area contributed by atoms with Gasteiger partial charge >= 0.3 is 0 Å². The summed E-state index contributed by atoms with van der Waals surface area (Å²) >= 11 is 0. The molecule has 0 spiro atoms. The van der Waals surface area contributed by atoms with Gasteiger partial charge in [-0.1, -0.05) is 54.6 Å². The molecule has 1 aliphatic carbocycles. The highest BCUT2D eigenvalue weighted by Crippen LogP contribution is 2.28. The summed E-state index contributed by atoms with van der Waals surface area (Å²) in [6, 6.07) is 25.0. The number of methoxy groups -OCH3 is 1. The van der Waals surface area contributed by atoms with Crippen LogP contribution in [0.4, 0.5) is 0 Å². The number of hydrogen-bond donors (Lipinski definition) is 1. The molecule has 0 saturated heterocycles. The van der Waals surface area contributed by atoms with Gasteiger partial charge in [-0.25, -0.2) is 8.42 Å². The van der Waals surface area contributed by atoms with E-state index in [1.807, 2.05) is 24.3 Å². The van der Waals surface area contributed by atoms with Gasteiger partial charge in [0.25, 0.3) is 0 Å². The Morgan fingerprint density at radius 2 is 1.71 bits per heavy atom. The van der Waals surface area contributed by atoms with E-state index >= 15 is 0 Å². The van der Waals surface area contributed by atoms with Crippen molar-refractivity contribution in [3.8, 4) is 5.75 Å². The van der Waals surface area contributed by atoms with Crippen molar-refractivity contribution < 1.29 is 18.3 Å². The van der Waals surface area contributed by atoms with Crippen molar-refractivity contribution in [1.29, 1.82) is 0 Å². The molecular weight excluding hydrogens is 446 g/mol. The summed E-state index contributed by atoms with van der Waals surface area (Å²) in [6.45, 7) is 0.957. The highest BCUT2D eigenvalue weighted by molar-refractivity contribution is 7.91. The fourth-order valence-electron chi connectivity index (χ4n) is 4.82. The summed E-state index contributed by atoms with van der Waals surface area (Å²) < 4.78 is 31.2. The second-order valence-electron chi connectivity index (χ2n) is 9.05. The molecule has 1 N–H and O–H groups in total. The topological polar surface area (TPSA) is 66.8 Å². The second-order valence-corrected chi connectivity index (χ2v) is 11.1. The Hall–Kier alpha value is -2.67. The van der Waals surface area contributed by atoms with Gasteiger partial charge in [-0.05, 0) is 66.6 Å². The molecule has 180 valence electrons. The molecule has 0 aliphatic heterocycles. The Kier molecular flexibility index (Phi) is 8.03. The monoisotopic (exact) mass is 479 g/mol. The molecule has 1 aliphatic rings. The molecule has 3 aromatic carbocycles. The van der Waals surface area contributed by atoms with E-state index < -0.39 is 15.9 Å². The van der Waals surface area contributed by atoms with Crippen LogP contribution in [0.25, 0.3) is 0 Å². The molecule has 4 rings (SSSR count). The lowest BCUT2D eigenvalue weighted by atomic mass is 10.00. The third-order valence-electron chi connectivity index (χ3n) is 6.56. The smallest absolute Gasteiger partial charge is 0.180 e. The first kappa shape index (κ1) is 24.5. The van der Waals surface area contributed by atoms with Crippen molar-refractivity contribution in [2.45, 2.75) is 49.3 Å². The van der Waals surface area contributed by atoms with Crippen LogP contribution in [-0.2, 0) is 29.2 Å². The SMILES string of the molecule is COc1ccc2c(c1)CC(N(Cc1ccccc1)C[C@H](O)CS(=O)(=O)c1ccccc1)CCC2. The Morgan fingerprint density at radius 3 is 2.41 bits per heavy atom. The minimum absolute atomic E-state index is 0.197. The van der Waals surface area contributed by atoms with E-state index in [0.29, 0.717) is 13.1 Å². The lowest BCUT2D eigenvalue weighted by molar-refractivity contribution is 0.0900. The first-order valence-electron chi connectivity index (χ1n) is 11.8. The number of ether oxygens (including phenoxy) is 1. The molecule has 1 unspecified atom stereocenters. The molecule has 0 heterocycles. The van der Waals surface area contributed by atoms with E-state index in [-0.39, 0.29) is 16.7 Å². The molecule has 0 fully saturated rings. The minimum atomic E-state index is -3.57. The number of aliphatic hydroxyl groups is 1. The molecule has 0 saturated carbocycles. The third-order valence-corrected chi connectivity index (χ3v) is 8.37. The van der Waals surface area contributed by atoms with Crippen LogP contribution in [0, 0.1) is 0 Å². The lowest BCUT2D eigenvalue weighted by Crippen LogP contribution is -2.43. The van der Waals surface area contributed by atoms with E-state index in [4.69, 9.17) is 4.74 Å². The van der Waals surface area contributed by atoms with Gasteiger partial charge < -0.3 is 9.84 Å². The van der Waals surface area contributed by atoms with E-state index in [1.54, 1.807) is 37.4 Å². The van der Waals surface area contributed by atoms with Gasteiger partial charge in [-0.3, -0.25) is 4.90 Å². The normalized spacial score (nSPS) is 17.1. The van der Waals surface area contributed by atoms with Crippen molar-refractivity contribution in [2.24, 2.45) is 0 Å². The van der Waals surface area contributed by atoms with Gasteiger partial charge in [-0.15, -0.1) is 0 Å². The fourth-order valence-corrected chi connectivity index (χ4v) is 6.20. The van der Waals surface area contributed by atoms with E-state index in [1.165, 1.54) is 11.1 Å². The highest BCUT2D eigenvalue weighted by atomic mass is 32.2. The molecule has 0 aromatic heterocycles. The van der Waals surface area contributed by atoms with Crippen LogP contribution in [0.2, 0.25) is 0 Å². The highest BCUT2D eigenvalue weighted by Gasteiger charge is 2.27. The molecule has 0 bridgehead atoms. The summed E-state index contributed by atoms with van der Waals surface area (Å²) in [7, 11) is -1.89. The Morgan fingerprint density at radius 1 is 1.00 bits per heavy atom. The number of aliphatic hydroxyl groups excluding tert-OH is 1. The molecule has 0 amide bonds. The van der Waals surface area contributed by atoms with E-state index in [0.717, 1.165) is 37.0 Å². The minimum Gasteiger partial charge on any atom is -0.497 e. The van der Waals surface area contributed by atoms with Crippen molar-refractivity contribution in [3.63, 3.8) is 0 Å².